The average Bonchev–Trinajstić information content (AvgIpc) is 0.980. The predicted molar refractivity (Wildman–Crippen MR) is 487 cm³/mol. The van der Waals surface area contributed by atoms with Crippen LogP contribution in [0.1, 0.15) is 158 Å². The Morgan fingerprint density at radius 1 is 0.198 bits per heavy atom. The standard InChI is InChI=1S/C96H128N2O6SSi6/c1-19-106(20-2,21-3)99-91-63-65-92(66-64-91,100-107(22-4,23-5)24-6)82-51-39-76(40-52-82)78-43-55-84(56-44-78)94(102-109(28-10,29-11)30-12)69-73-96(74-70-94,104-111(34-16,35-17)36-18)86-59-47-80(48-60-86)88-62-61-87(89-90(88)98-105-97-89)79-45-57-85(58-46-79)95(103-110(31-13,32-14)33-15)71-67-93(68-72-95,101-108(25-7,26-8)27-9)83-53-41-77(42-54-83)75-37-49-81(91)50-38-75/h37-74H,19-36H2,1-18H3. The average molecular weight is 1610 g/mol. The number of benzene rings is 7. The number of hydrogen-bond acceptors (Lipinski definition) is 9. The molecular formula is C96H128N2O6SSi6. The van der Waals surface area contributed by atoms with Gasteiger partial charge >= 0.3 is 0 Å². The van der Waals surface area contributed by atoms with E-state index in [9.17, 15) is 0 Å². The molecule has 20 bridgehead atoms. The highest BCUT2D eigenvalue weighted by molar-refractivity contribution is 7.00. The van der Waals surface area contributed by atoms with Crippen molar-refractivity contribution in [1.29, 1.82) is 0 Å². The van der Waals surface area contributed by atoms with Crippen LogP contribution in [-0.4, -0.2) is 58.7 Å². The van der Waals surface area contributed by atoms with Gasteiger partial charge < -0.3 is 26.6 Å². The fourth-order valence-corrected chi connectivity index (χ4v) is 36.5. The molecule has 0 saturated carbocycles. The van der Waals surface area contributed by atoms with Crippen molar-refractivity contribution in [3.8, 4) is 44.5 Å². The van der Waals surface area contributed by atoms with Gasteiger partial charge in [0.25, 0.3) is 0 Å². The molecule has 0 N–H and O–H groups in total. The Balaban J connectivity index is 1.04. The highest BCUT2D eigenvalue weighted by atomic mass is 32.1. The van der Waals surface area contributed by atoms with E-state index in [2.05, 4.69) is 355 Å². The van der Waals surface area contributed by atoms with E-state index in [0.717, 1.165) is 198 Å². The van der Waals surface area contributed by atoms with E-state index in [4.69, 9.17) is 35.3 Å². The predicted octanol–water partition coefficient (Wildman–Crippen LogP) is 28.5. The summed E-state index contributed by atoms with van der Waals surface area (Å²) in [5.41, 5.74) is 12.5. The fourth-order valence-electron chi connectivity index (χ4n) is 18.5. The molecule has 0 amide bonds. The van der Waals surface area contributed by atoms with Gasteiger partial charge in [-0.25, -0.2) is 0 Å². The van der Waals surface area contributed by atoms with Crippen molar-refractivity contribution in [1.82, 2.24) is 8.75 Å². The maximum atomic E-state index is 7.88. The maximum absolute atomic E-state index is 7.88. The third-order valence-corrected chi connectivity index (χ3v) is 56.5. The van der Waals surface area contributed by atoms with Crippen molar-refractivity contribution in [2.75, 3.05) is 0 Å². The Morgan fingerprint density at radius 2 is 0.333 bits per heavy atom. The van der Waals surface area contributed by atoms with E-state index in [1.807, 2.05) is 0 Å². The molecule has 0 spiro atoms. The highest BCUT2D eigenvalue weighted by Gasteiger charge is 2.51. The zero-order valence-electron chi connectivity index (χ0n) is 70.4. The molecule has 111 heavy (non-hydrogen) atoms. The van der Waals surface area contributed by atoms with E-state index < -0.39 is 83.5 Å². The molecule has 15 heteroatoms. The summed E-state index contributed by atoms with van der Waals surface area (Å²) in [5.74, 6) is 0. The second-order valence-electron chi connectivity index (χ2n) is 32.4. The van der Waals surface area contributed by atoms with Gasteiger partial charge in [-0.3, -0.25) is 0 Å². The Bertz CT molecular complexity index is 4250. The number of nitrogens with zero attached hydrogens (tertiary/aromatic N) is 2. The van der Waals surface area contributed by atoms with Gasteiger partial charge in [0, 0.05) is 11.1 Å². The fraction of sp³-hybridized carbons (Fsp3) is 0.438. The Labute approximate surface area is 678 Å². The van der Waals surface area contributed by atoms with Crippen LogP contribution in [0.3, 0.4) is 0 Å². The molecule has 0 fully saturated rings. The molecule has 19 aliphatic carbocycles. The summed E-state index contributed by atoms with van der Waals surface area (Å²) in [7, 11) is -13.5. The zero-order valence-corrected chi connectivity index (χ0v) is 77.2. The zero-order chi connectivity index (χ0) is 79.2. The Hall–Kier alpha value is -6.14. The number of rotatable bonds is 30. The summed E-state index contributed by atoms with van der Waals surface area (Å²) < 4.78 is 57.4. The third-order valence-electron chi connectivity index (χ3n) is 28.1. The normalized spacial score (nSPS) is 22.5. The van der Waals surface area contributed by atoms with Gasteiger partial charge in [0.2, 0.25) is 0 Å². The largest absolute Gasteiger partial charge is 0.401 e. The molecule has 1 heterocycles. The van der Waals surface area contributed by atoms with E-state index in [0.29, 0.717) is 0 Å². The second kappa shape index (κ2) is 34.3. The molecule has 8 aromatic rings. The monoisotopic (exact) mass is 1600 g/mol. The summed E-state index contributed by atoms with van der Waals surface area (Å²) in [6, 6.07) is 78.1. The lowest BCUT2D eigenvalue weighted by atomic mass is 9.80. The number of hydrogen-bond donors (Lipinski definition) is 0. The first-order valence-electron chi connectivity index (χ1n) is 42.9. The SMILES string of the molecule is CC[Si](CC)(CC)OC12C=CC(O[Si](CC)(CC)CC)(C=C1)c1ccc(cc1)-c1ccc(cc1)C1(O[Si](CC)(CC)CC)C=CC(O[Si](CC)(CC)CC)(C=C1)c1ccc(cc1)-c1ccc(c3nsnc13)-c1ccc(cc1)C1(O[Si](CC)(CC)CC)C=CC(O[Si](CC)(CC)CC)(C=C1)c1ccc(cc1)-c1ccc2cc1. The molecule has 1 aromatic heterocycles. The van der Waals surface area contributed by atoms with Crippen molar-refractivity contribution in [2.45, 2.75) is 267 Å². The Morgan fingerprint density at radius 3 is 0.468 bits per heavy atom. The molecular weight excluding hydrogens is 1480 g/mol. The first-order chi connectivity index (χ1) is 53.6. The van der Waals surface area contributed by atoms with Crippen LogP contribution in [0.15, 0.2) is 231 Å². The minimum absolute atomic E-state index is 0.804. The summed E-state index contributed by atoms with van der Waals surface area (Å²) in [4.78, 5) is 0. The molecule has 0 saturated heterocycles. The van der Waals surface area contributed by atoms with Gasteiger partial charge in [-0.15, -0.1) is 0 Å². The van der Waals surface area contributed by atoms with Crippen LogP contribution in [-0.2, 0) is 60.2 Å². The van der Waals surface area contributed by atoms with Gasteiger partial charge in [0.15, 0.2) is 49.9 Å². The van der Waals surface area contributed by atoms with Gasteiger partial charge in [-0.05, 0) is 248 Å². The molecule has 0 unspecified atom stereocenters. The van der Waals surface area contributed by atoms with E-state index >= 15 is 0 Å². The van der Waals surface area contributed by atoms with E-state index in [1.54, 1.807) is 0 Å². The second-order valence-corrected chi connectivity index (χ2v) is 61.1. The van der Waals surface area contributed by atoms with Crippen LogP contribution in [0, 0.1) is 0 Å². The van der Waals surface area contributed by atoms with Crippen LogP contribution in [0.25, 0.3) is 55.5 Å². The molecule has 0 atom stereocenters. The lowest BCUT2D eigenvalue weighted by Crippen LogP contribution is -2.48. The van der Waals surface area contributed by atoms with Crippen molar-refractivity contribution >= 4 is 72.7 Å². The smallest absolute Gasteiger partial charge is 0.194 e. The first-order valence-corrected chi connectivity index (χ1v) is 58.8. The lowest BCUT2D eigenvalue weighted by molar-refractivity contribution is 0.121. The molecule has 7 aromatic carbocycles. The molecule has 588 valence electrons. The minimum atomic E-state index is -2.26. The summed E-state index contributed by atoms with van der Waals surface area (Å²) in [5, 5.41) is 0. The summed E-state index contributed by atoms with van der Waals surface area (Å²) >= 11 is 1.28. The van der Waals surface area contributed by atoms with Crippen molar-refractivity contribution in [3.05, 3.63) is 264 Å². The highest BCUT2D eigenvalue weighted by Crippen LogP contribution is 2.52. The Kier molecular flexibility index (Phi) is 26.1. The van der Waals surface area contributed by atoms with Crippen molar-refractivity contribution < 1.29 is 26.6 Å². The molecule has 8 nitrogen and oxygen atoms in total. The topological polar surface area (TPSA) is 81.2 Å². The van der Waals surface area contributed by atoms with Gasteiger partial charge in [0.05, 0.1) is 11.7 Å². The van der Waals surface area contributed by atoms with Crippen molar-refractivity contribution in [3.63, 3.8) is 0 Å². The maximum Gasteiger partial charge on any atom is 0.194 e. The van der Waals surface area contributed by atoms with Crippen LogP contribution >= 0.6 is 11.7 Å². The van der Waals surface area contributed by atoms with Crippen LogP contribution in [0.5, 0.6) is 0 Å². The molecule has 0 radical (unpaired) electrons. The lowest BCUT2D eigenvalue weighted by Gasteiger charge is -2.46. The van der Waals surface area contributed by atoms with Crippen LogP contribution < -0.4 is 0 Å². The van der Waals surface area contributed by atoms with E-state index in [-0.39, 0.29) is 0 Å². The van der Waals surface area contributed by atoms with Crippen LogP contribution in [0.4, 0.5) is 0 Å². The first kappa shape index (κ1) is 84.3. The van der Waals surface area contributed by atoms with Gasteiger partial charge in [-0.2, -0.15) is 8.75 Å². The number of aromatic nitrogens is 2. The molecule has 0 aliphatic heterocycles. The molecule has 19 aliphatic rings. The van der Waals surface area contributed by atoms with Crippen molar-refractivity contribution in [2.24, 2.45) is 0 Å². The minimum Gasteiger partial charge on any atom is -0.401 e. The third kappa shape index (κ3) is 15.8. The van der Waals surface area contributed by atoms with Crippen LogP contribution in [0.2, 0.25) is 109 Å². The summed E-state index contributed by atoms with van der Waals surface area (Å²) in [6.07, 6.45) is 28.4. The molecule has 27 rings (SSSR count). The van der Waals surface area contributed by atoms with E-state index in [1.165, 1.54) is 11.7 Å². The van der Waals surface area contributed by atoms with Gasteiger partial charge in [-0.1, -0.05) is 282 Å². The quantitative estimate of drug-likeness (QED) is 0.0325. The van der Waals surface area contributed by atoms with Gasteiger partial charge in [0.1, 0.15) is 44.6 Å². The summed E-state index contributed by atoms with van der Waals surface area (Å²) in [6.45, 7) is 42.1.